The summed E-state index contributed by atoms with van der Waals surface area (Å²) in [4.78, 5) is 26.1. The van der Waals surface area contributed by atoms with Crippen LogP contribution in [0.1, 0.15) is 6.42 Å². The zero-order valence-electron chi connectivity index (χ0n) is 15.3. The van der Waals surface area contributed by atoms with Crippen molar-refractivity contribution in [3.63, 3.8) is 0 Å². The van der Waals surface area contributed by atoms with Crippen LogP contribution in [-0.4, -0.2) is 45.2 Å². The van der Waals surface area contributed by atoms with Crippen LogP contribution in [0.4, 0.5) is 5.69 Å². The van der Waals surface area contributed by atoms with Gasteiger partial charge in [-0.1, -0.05) is 6.07 Å². The lowest BCUT2D eigenvalue weighted by molar-refractivity contribution is -0.123. The van der Waals surface area contributed by atoms with E-state index in [0.29, 0.717) is 23.8 Å². The van der Waals surface area contributed by atoms with Gasteiger partial charge in [-0.05, 0) is 36.4 Å². The number of amides is 2. The molecule has 1 heterocycles. The second-order valence-electron chi connectivity index (χ2n) is 6.14. The Hall–Kier alpha value is -3.22. The Labute approximate surface area is 157 Å². The van der Waals surface area contributed by atoms with E-state index in [2.05, 4.69) is 5.32 Å². The zero-order chi connectivity index (χ0) is 19.2. The van der Waals surface area contributed by atoms with Gasteiger partial charge >= 0.3 is 0 Å². The number of rotatable bonds is 7. The smallest absolute Gasteiger partial charge is 0.258 e. The number of nitrogens with zero attached hydrogens (tertiary/aromatic N) is 1. The van der Waals surface area contributed by atoms with E-state index in [1.54, 1.807) is 49.5 Å². The van der Waals surface area contributed by atoms with E-state index in [0.717, 1.165) is 5.69 Å². The number of ether oxygens (including phenoxy) is 3. The first-order valence-electron chi connectivity index (χ1n) is 8.59. The highest BCUT2D eigenvalue weighted by Gasteiger charge is 2.31. The second kappa shape index (κ2) is 8.44. The molecule has 0 unspecified atom stereocenters. The Bertz CT molecular complexity index is 806. The van der Waals surface area contributed by atoms with Crippen LogP contribution in [-0.2, 0) is 9.59 Å². The molecule has 1 aliphatic rings. The molecule has 1 atom stereocenters. The lowest BCUT2D eigenvalue weighted by Crippen LogP contribution is -2.39. The van der Waals surface area contributed by atoms with Gasteiger partial charge in [0.2, 0.25) is 5.91 Å². The van der Waals surface area contributed by atoms with Gasteiger partial charge in [-0.3, -0.25) is 9.59 Å². The van der Waals surface area contributed by atoms with E-state index < -0.39 is 0 Å². The van der Waals surface area contributed by atoms with Gasteiger partial charge in [0.25, 0.3) is 5.91 Å². The highest BCUT2D eigenvalue weighted by Crippen LogP contribution is 2.25. The number of carbonyl (C=O) groups is 2. The molecule has 142 valence electrons. The average molecular weight is 370 g/mol. The fourth-order valence-corrected chi connectivity index (χ4v) is 2.92. The predicted molar refractivity (Wildman–Crippen MR) is 100 cm³/mol. The van der Waals surface area contributed by atoms with Crippen molar-refractivity contribution in [3.8, 4) is 17.2 Å². The topological polar surface area (TPSA) is 77.1 Å². The first-order valence-corrected chi connectivity index (χ1v) is 8.59. The van der Waals surface area contributed by atoms with Gasteiger partial charge in [0.1, 0.15) is 17.2 Å². The van der Waals surface area contributed by atoms with E-state index in [9.17, 15) is 9.59 Å². The molecule has 0 spiro atoms. The minimum absolute atomic E-state index is 0.0374. The third-order valence-electron chi connectivity index (χ3n) is 4.28. The molecule has 2 aromatic carbocycles. The first kappa shape index (κ1) is 18.6. The fraction of sp³-hybridized carbons (Fsp3) is 0.300. The molecule has 0 aromatic heterocycles. The Kier molecular flexibility index (Phi) is 5.80. The van der Waals surface area contributed by atoms with Crippen LogP contribution in [0.15, 0.2) is 48.5 Å². The standard InChI is InChI=1S/C20H22N2O5/c1-25-16-6-8-17(9-7-16)27-13-19(23)21-14-10-20(24)22(12-14)15-4-3-5-18(11-15)26-2/h3-9,11,14H,10,12-13H2,1-2H3,(H,21,23)/t14-/m1/s1. The molecule has 1 fully saturated rings. The summed E-state index contributed by atoms with van der Waals surface area (Å²) >= 11 is 0. The molecule has 3 rings (SSSR count). The van der Waals surface area contributed by atoms with Gasteiger partial charge in [0, 0.05) is 24.7 Å². The molecule has 0 radical (unpaired) electrons. The van der Waals surface area contributed by atoms with Gasteiger partial charge in [-0.15, -0.1) is 0 Å². The molecule has 7 heteroatoms. The van der Waals surface area contributed by atoms with Crippen molar-refractivity contribution in [1.82, 2.24) is 5.32 Å². The number of hydrogen-bond acceptors (Lipinski definition) is 5. The van der Waals surface area contributed by atoms with E-state index in [1.807, 2.05) is 18.2 Å². The van der Waals surface area contributed by atoms with E-state index in [4.69, 9.17) is 14.2 Å². The molecule has 0 aliphatic carbocycles. The van der Waals surface area contributed by atoms with Crippen LogP contribution in [0.5, 0.6) is 17.2 Å². The monoisotopic (exact) mass is 370 g/mol. The third kappa shape index (κ3) is 4.69. The van der Waals surface area contributed by atoms with Gasteiger partial charge in [0.15, 0.2) is 6.61 Å². The SMILES string of the molecule is COc1ccc(OCC(=O)N[C@@H]2CC(=O)N(c3cccc(OC)c3)C2)cc1. The highest BCUT2D eigenvalue weighted by molar-refractivity contribution is 5.97. The minimum Gasteiger partial charge on any atom is -0.497 e. The quantitative estimate of drug-likeness (QED) is 0.807. The first-order chi connectivity index (χ1) is 13.1. The minimum atomic E-state index is -0.267. The van der Waals surface area contributed by atoms with Crippen LogP contribution in [0.2, 0.25) is 0 Å². The molecule has 1 aliphatic heterocycles. The van der Waals surface area contributed by atoms with Crippen LogP contribution in [0, 0.1) is 0 Å². The van der Waals surface area contributed by atoms with Gasteiger partial charge < -0.3 is 24.4 Å². The van der Waals surface area contributed by atoms with Crippen molar-refractivity contribution in [2.75, 3.05) is 32.3 Å². The third-order valence-corrected chi connectivity index (χ3v) is 4.28. The van der Waals surface area contributed by atoms with Crippen LogP contribution >= 0.6 is 0 Å². The molecule has 0 saturated carbocycles. The zero-order valence-corrected chi connectivity index (χ0v) is 15.3. The molecule has 0 bridgehead atoms. The van der Waals surface area contributed by atoms with E-state index in [1.165, 1.54) is 0 Å². The Morgan fingerprint density at radius 1 is 1.07 bits per heavy atom. The maximum absolute atomic E-state index is 12.3. The molecule has 7 nitrogen and oxygen atoms in total. The molecule has 1 saturated heterocycles. The van der Waals surface area contributed by atoms with Crippen molar-refractivity contribution in [2.45, 2.75) is 12.5 Å². The fourth-order valence-electron chi connectivity index (χ4n) is 2.92. The summed E-state index contributed by atoms with van der Waals surface area (Å²) in [5.41, 5.74) is 0.755. The van der Waals surface area contributed by atoms with Crippen molar-refractivity contribution >= 4 is 17.5 Å². The molecule has 1 N–H and O–H groups in total. The Morgan fingerprint density at radius 3 is 2.48 bits per heavy atom. The summed E-state index contributed by atoms with van der Waals surface area (Å²) in [6, 6.07) is 14.0. The lowest BCUT2D eigenvalue weighted by Gasteiger charge is -2.18. The van der Waals surface area contributed by atoms with Gasteiger partial charge in [-0.2, -0.15) is 0 Å². The Morgan fingerprint density at radius 2 is 1.78 bits per heavy atom. The summed E-state index contributed by atoms with van der Waals surface area (Å²) in [7, 11) is 3.16. The maximum Gasteiger partial charge on any atom is 0.258 e. The molecular formula is C20H22N2O5. The molecule has 27 heavy (non-hydrogen) atoms. The summed E-state index contributed by atoms with van der Waals surface area (Å²) < 4.78 is 15.7. The second-order valence-corrected chi connectivity index (χ2v) is 6.14. The maximum atomic E-state index is 12.3. The van der Waals surface area contributed by atoms with E-state index in [-0.39, 0.29) is 30.9 Å². The van der Waals surface area contributed by atoms with Crippen LogP contribution < -0.4 is 24.4 Å². The van der Waals surface area contributed by atoms with Crippen LogP contribution in [0.3, 0.4) is 0 Å². The average Bonchev–Trinajstić information content (AvgIpc) is 3.06. The highest BCUT2D eigenvalue weighted by atomic mass is 16.5. The van der Waals surface area contributed by atoms with Gasteiger partial charge in [0.05, 0.1) is 20.3 Å². The molecule has 2 aromatic rings. The number of methoxy groups -OCH3 is 2. The van der Waals surface area contributed by atoms with Crippen molar-refractivity contribution in [1.29, 1.82) is 0 Å². The summed E-state index contributed by atoms with van der Waals surface area (Å²) in [5, 5.41) is 2.85. The summed E-state index contributed by atoms with van der Waals surface area (Å²) in [5.74, 6) is 1.67. The predicted octanol–water partition coefficient (Wildman–Crippen LogP) is 2.00. The largest absolute Gasteiger partial charge is 0.497 e. The normalized spacial score (nSPS) is 16.1. The number of carbonyl (C=O) groups excluding carboxylic acids is 2. The number of benzene rings is 2. The number of hydrogen-bond donors (Lipinski definition) is 1. The summed E-state index contributed by atoms with van der Waals surface area (Å²) in [6.07, 6.45) is 0.255. The lowest BCUT2D eigenvalue weighted by atomic mass is 10.2. The summed E-state index contributed by atoms with van der Waals surface area (Å²) in [6.45, 7) is 0.302. The Balaban J connectivity index is 1.51. The number of nitrogens with one attached hydrogen (secondary N) is 1. The van der Waals surface area contributed by atoms with Gasteiger partial charge in [-0.25, -0.2) is 0 Å². The number of anilines is 1. The van der Waals surface area contributed by atoms with E-state index >= 15 is 0 Å². The van der Waals surface area contributed by atoms with Crippen molar-refractivity contribution in [3.05, 3.63) is 48.5 Å². The van der Waals surface area contributed by atoms with Crippen molar-refractivity contribution < 1.29 is 23.8 Å². The molecule has 2 amide bonds. The van der Waals surface area contributed by atoms with Crippen molar-refractivity contribution in [2.24, 2.45) is 0 Å². The molecular weight excluding hydrogens is 348 g/mol. The van der Waals surface area contributed by atoms with Crippen LogP contribution in [0.25, 0.3) is 0 Å².